The van der Waals surface area contributed by atoms with Crippen LogP contribution in [0.2, 0.25) is 5.02 Å². The normalized spacial score (nSPS) is 14.6. The predicted molar refractivity (Wildman–Crippen MR) is 124 cm³/mol. The molecule has 1 N–H and O–H groups in total. The number of thioether (sulfide) groups is 1. The molecule has 1 heterocycles. The largest absolute Gasteiger partial charge is 0.340 e. The first-order valence-corrected chi connectivity index (χ1v) is 11.5. The van der Waals surface area contributed by atoms with Gasteiger partial charge in [0.05, 0.1) is 11.6 Å². The van der Waals surface area contributed by atoms with Gasteiger partial charge in [-0.15, -0.1) is 11.8 Å². The predicted octanol–water partition coefficient (Wildman–Crippen LogP) is 4.22. The van der Waals surface area contributed by atoms with Gasteiger partial charge in [0.15, 0.2) is 0 Å². The highest BCUT2D eigenvalue weighted by Gasteiger charge is 2.22. The van der Waals surface area contributed by atoms with Gasteiger partial charge in [-0.2, -0.15) is 0 Å². The third kappa shape index (κ3) is 6.24. The molecule has 7 heteroatoms. The highest BCUT2D eigenvalue weighted by molar-refractivity contribution is 7.99. The minimum Gasteiger partial charge on any atom is -0.340 e. The van der Waals surface area contributed by atoms with Crippen LogP contribution in [0.15, 0.2) is 47.4 Å². The summed E-state index contributed by atoms with van der Waals surface area (Å²) in [7, 11) is 0. The first-order valence-electron chi connectivity index (χ1n) is 10.2. The number of hydrogen-bond acceptors (Lipinski definition) is 4. The Morgan fingerprint density at radius 2 is 1.77 bits per heavy atom. The van der Waals surface area contributed by atoms with Crippen molar-refractivity contribution >= 4 is 40.9 Å². The van der Waals surface area contributed by atoms with Gasteiger partial charge in [-0.3, -0.25) is 14.5 Å². The number of benzene rings is 2. The van der Waals surface area contributed by atoms with E-state index >= 15 is 0 Å². The van der Waals surface area contributed by atoms with E-state index in [4.69, 9.17) is 11.6 Å². The summed E-state index contributed by atoms with van der Waals surface area (Å²) in [6.07, 6.45) is 0.489. The molecular formula is C23H28ClN3O2S. The van der Waals surface area contributed by atoms with Gasteiger partial charge >= 0.3 is 0 Å². The maximum atomic E-state index is 12.5. The van der Waals surface area contributed by atoms with Gasteiger partial charge in [-0.1, -0.05) is 35.9 Å². The van der Waals surface area contributed by atoms with Crippen LogP contribution in [0.4, 0.5) is 5.69 Å². The third-order valence-electron chi connectivity index (χ3n) is 5.38. The van der Waals surface area contributed by atoms with Gasteiger partial charge in [0.1, 0.15) is 0 Å². The number of rotatable bonds is 7. The van der Waals surface area contributed by atoms with Gasteiger partial charge in [0.2, 0.25) is 11.8 Å². The Morgan fingerprint density at radius 1 is 1.03 bits per heavy atom. The molecule has 160 valence electrons. The van der Waals surface area contributed by atoms with Gasteiger partial charge in [-0.05, 0) is 43.2 Å². The lowest BCUT2D eigenvalue weighted by molar-refractivity contribution is -0.132. The molecule has 5 nitrogen and oxygen atoms in total. The van der Waals surface area contributed by atoms with Gasteiger partial charge < -0.3 is 10.2 Å². The zero-order valence-electron chi connectivity index (χ0n) is 17.5. The molecule has 2 aromatic rings. The highest BCUT2D eigenvalue weighted by atomic mass is 35.5. The summed E-state index contributed by atoms with van der Waals surface area (Å²) >= 11 is 7.77. The van der Waals surface area contributed by atoms with E-state index in [1.54, 1.807) is 11.8 Å². The fourth-order valence-electron chi connectivity index (χ4n) is 3.40. The molecular weight excluding hydrogens is 418 g/mol. The third-order valence-corrected chi connectivity index (χ3v) is 6.90. The van der Waals surface area contributed by atoms with Crippen molar-refractivity contribution in [1.82, 2.24) is 9.80 Å². The number of aryl methyl sites for hydroxylation is 1. The van der Waals surface area contributed by atoms with E-state index in [-0.39, 0.29) is 11.8 Å². The van der Waals surface area contributed by atoms with Gasteiger partial charge in [0.25, 0.3) is 0 Å². The first-order chi connectivity index (χ1) is 14.4. The number of carbonyl (C=O) groups excluding carboxylic acids is 2. The van der Waals surface area contributed by atoms with Crippen molar-refractivity contribution in [3.8, 4) is 0 Å². The second kappa shape index (κ2) is 10.8. The van der Waals surface area contributed by atoms with E-state index in [0.29, 0.717) is 44.9 Å². The Kier molecular flexibility index (Phi) is 8.19. The van der Waals surface area contributed by atoms with Crippen molar-refractivity contribution < 1.29 is 9.59 Å². The average molecular weight is 446 g/mol. The fraction of sp³-hybridized carbons (Fsp3) is 0.391. The maximum Gasteiger partial charge on any atom is 0.238 e. The lowest BCUT2D eigenvalue weighted by Gasteiger charge is -2.34. The molecule has 1 aliphatic heterocycles. The standard InChI is InChI=1S/C23H28ClN3O2S/c1-17-6-5-8-20(18(17)2)25-22(28)16-26-11-13-27(14-12-26)23(29)10-15-30-21-9-4-3-7-19(21)24/h3-9H,10-16H2,1-2H3,(H,25,28). The van der Waals surface area contributed by atoms with Crippen molar-refractivity contribution in [2.24, 2.45) is 0 Å². The Balaban J connectivity index is 1.38. The molecule has 0 unspecified atom stereocenters. The molecule has 0 atom stereocenters. The number of nitrogens with zero attached hydrogens (tertiary/aromatic N) is 2. The SMILES string of the molecule is Cc1cccc(NC(=O)CN2CCN(C(=O)CCSc3ccccc3Cl)CC2)c1C. The number of piperazine rings is 1. The summed E-state index contributed by atoms with van der Waals surface area (Å²) in [5.74, 6) is 0.856. The van der Waals surface area contributed by atoms with E-state index in [0.717, 1.165) is 26.7 Å². The molecule has 0 aliphatic carbocycles. The fourth-order valence-corrected chi connectivity index (χ4v) is 4.58. The molecule has 1 aliphatic rings. The van der Waals surface area contributed by atoms with Crippen LogP contribution in [0, 0.1) is 13.8 Å². The molecule has 0 spiro atoms. The van der Waals surface area contributed by atoms with Crippen LogP contribution < -0.4 is 5.32 Å². The first kappa shape index (κ1) is 22.7. The van der Waals surface area contributed by atoms with Crippen molar-refractivity contribution in [3.63, 3.8) is 0 Å². The Labute approximate surface area is 187 Å². The van der Waals surface area contributed by atoms with Crippen LogP contribution in [0.25, 0.3) is 0 Å². The Hall–Kier alpha value is -2.02. The number of halogens is 1. The molecule has 1 fully saturated rings. The lowest BCUT2D eigenvalue weighted by Crippen LogP contribution is -2.50. The second-order valence-corrected chi connectivity index (χ2v) is 9.03. The van der Waals surface area contributed by atoms with Crippen molar-refractivity contribution in [2.75, 3.05) is 43.8 Å². The molecule has 0 aromatic heterocycles. The van der Waals surface area contributed by atoms with Crippen LogP contribution in [-0.2, 0) is 9.59 Å². The van der Waals surface area contributed by atoms with Crippen LogP contribution in [0.3, 0.4) is 0 Å². The molecule has 2 amide bonds. The van der Waals surface area contributed by atoms with Crippen LogP contribution in [0.1, 0.15) is 17.5 Å². The molecule has 3 rings (SSSR count). The van der Waals surface area contributed by atoms with E-state index < -0.39 is 0 Å². The molecule has 0 radical (unpaired) electrons. The average Bonchev–Trinajstić information content (AvgIpc) is 2.73. The van der Waals surface area contributed by atoms with Gasteiger partial charge in [-0.25, -0.2) is 0 Å². The molecule has 0 saturated carbocycles. The topological polar surface area (TPSA) is 52.7 Å². The van der Waals surface area contributed by atoms with Crippen molar-refractivity contribution in [1.29, 1.82) is 0 Å². The van der Waals surface area contributed by atoms with Crippen LogP contribution in [0.5, 0.6) is 0 Å². The van der Waals surface area contributed by atoms with Crippen molar-refractivity contribution in [2.45, 2.75) is 25.2 Å². The molecule has 2 aromatic carbocycles. The maximum absolute atomic E-state index is 12.5. The highest BCUT2D eigenvalue weighted by Crippen LogP contribution is 2.27. The van der Waals surface area contributed by atoms with Crippen LogP contribution in [-0.4, -0.2) is 60.1 Å². The van der Waals surface area contributed by atoms with Crippen LogP contribution >= 0.6 is 23.4 Å². The monoisotopic (exact) mass is 445 g/mol. The zero-order valence-corrected chi connectivity index (χ0v) is 19.1. The minimum atomic E-state index is -0.0142. The Bertz CT molecular complexity index is 898. The molecule has 30 heavy (non-hydrogen) atoms. The second-order valence-electron chi connectivity index (χ2n) is 7.48. The summed E-state index contributed by atoms with van der Waals surface area (Å²) < 4.78 is 0. The van der Waals surface area contributed by atoms with Crippen molar-refractivity contribution in [3.05, 3.63) is 58.6 Å². The molecule has 0 bridgehead atoms. The summed E-state index contributed by atoms with van der Waals surface area (Å²) in [6.45, 7) is 7.14. The smallest absolute Gasteiger partial charge is 0.238 e. The lowest BCUT2D eigenvalue weighted by atomic mass is 10.1. The number of amides is 2. The van der Waals surface area contributed by atoms with E-state index in [9.17, 15) is 9.59 Å². The Morgan fingerprint density at radius 3 is 2.50 bits per heavy atom. The number of nitrogens with one attached hydrogen (secondary N) is 1. The minimum absolute atomic E-state index is 0.0142. The van der Waals surface area contributed by atoms with E-state index in [1.807, 2.05) is 61.2 Å². The van der Waals surface area contributed by atoms with Gasteiger partial charge in [0, 0.05) is 48.9 Å². The number of carbonyl (C=O) groups is 2. The summed E-state index contributed by atoms with van der Waals surface area (Å²) in [5, 5.41) is 3.73. The van der Waals surface area contributed by atoms with E-state index in [1.165, 1.54) is 0 Å². The summed E-state index contributed by atoms with van der Waals surface area (Å²) in [4.78, 5) is 29.9. The quantitative estimate of drug-likeness (QED) is 0.648. The number of hydrogen-bond donors (Lipinski definition) is 1. The van der Waals surface area contributed by atoms with E-state index in [2.05, 4.69) is 10.2 Å². The molecule has 1 saturated heterocycles. The summed E-state index contributed by atoms with van der Waals surface area (Å²) in [6, 6.07) is 13.6. The zero-order chi connectivity index (χ0) is 21.5. The summed E-state index contributed by atoms with van der Waals surface area (Å²) in [5.41, 5.74) is 3.12. The number of anilines is 1.